The molecule has 0 atom stereocenters. The molecule has 6 nitrogen and oxygen atoms in total. The molecule has 5 N–H and O–H groups in total. The number of nitrogens with zero attached hydrogens (tertiary/aromatic N) is 2. The van der Waals surface area contributed by atoms with Crippen molar-refractivity contribution in [2.45, 2.75) is 37.8 Å². The summed E-state index contributed by atoms with van der Waals surface area (Å²) in [5.74, 6) is -0.0893. The van der Waals surface area contributed by atoms with E-state index in [2.05, 4.69) is 15.3 Å². The molecule has 2 rings (SSSR count). The highest BCUT2D eigenvalue weighted by Crippen LogP contribution is 2.21. The van der Waals surface area contributed by atoms with Crippen molar-refractivity contribution >= 4 is 11.7 Å². The van der Waals surface area contributed by atoms with Gasteiger partial charge in [0.2, 0.25) is 0 Å². The van der Waals surface area contributed by atoms with E-state index in [4.69, 9.17) is 11.5 Å². The summed E-state index contributed by atoms with van der Waals surface area (Å²) in [6.45, 7) is 0. The van der Waals surface area contributed by atoms with E-state index < -0.39 is 5.91 Å². The first-order valence-electron chi connectivity index (χ1n) is 5.79. The molecule has 1 aliphatic rings. The van der Waals surface area contributed by atoms with Gasteiger partial charge in [-0.3, -0.25) is 4.79 Å². The molecule has 1 saturated carbocycles. The zero-order chi connectivity index (χ0) is 12.3. The summed E-state index contributed by atoms with van der Waals surface area (Å²) in [5, 5.41) is 3.22. The lowest BCUT2D eigenvalue weighted by atomic mass is 9.92. The van der Waals surface area contributed by atoms with Crippen LogP contribution >= 0.6 is 0 Å². The largest absolute Gasteiger partial charge is 0.365 e. The lowest BCUT2D eigenvalue weighted by Crippen LogP contribution is -2.33. The summed E-state index contributed by atoms with van der Waals surface area (Å²) in [6.07, 6.45) is 6.95. The topological polar surface area (TPSA) is 107 Å². The van der Waals surface area contributed by atoms with Crippen LogP contribution in [0.5, 0.6) is 0 Å². The van der Waals surface area contributed by atoms with Crippen LogP contribution in [0.1, 0.15) is 36.2 Å². The lowest BCUT2D eigenvalue weighted by molar-refractivity contribution is 0.0996. The molecule has 0 spiro atoms. The normalized spacial score (nSPS) is 24.3. The van der Waals surface area contributed by atoms with Crippen LogP contribution in [-0.2, 0) is 0 Å². The van der Waals surface area contributed by atoms with Crippen molar-refractivity contribution in [1.29, 1.82) is 0 Å². The molecule has 0 unspecified atom stereocenters. The standard InChI is InChI=1S/C11H17N5O/c12-7-1-3-8(4-2-7)16-11-9(10(13)17)14-5-6-15-11/h5-8H,1-4,12H2,(H2,13,17)(H,15,16). The van der Waals surface area contributed by atoms with Gasteiger partial charge in [-0.1, -0.05) is 0 Å². The van der Waals surface area contributed by atoms with Crippen molar-refractivity contribution in [3.8, 4) is 0 Å². The van der Waals surface area contributed by atoms with Crippen molar-refractivity contribution in [3.63, 3.8) is 0 Å². The van der Waals surface area contributed by atoms with E-state index >= 15 is 0 Å². The van der Waals surface area contributed by atoms with Gasteiger partial charge in [-0.05, 0) is 25.7 Å². The summed E-state index contributed by atoms with van der Waals surface area (Å²) in [5.41, 5.74) is 11.3. The quantitative estimate of drug-likeness (QED) is 0.696. The number of nitrogens with one attached hydrogen (secondary N) is 1. The van der Waals surface area contributed by atoms with Crippen LogP contribution in [0.3, 0.4) is 0 Å². The van der Waals surface area contributed by atoms with Gasteiger partial charge < -0.3 is 16.8 Å². The molecule has 0 bridgehead atoms. The van der Waals surface area contributed by atoms with Gasteiger partial charge in [-0.2, -0.15) is 0 Å². The Kier molecular flexibility index (Phi) is 3.53. The van der Waals surface area contributed by atoms with E-state index in [1.165, 1.54) is 6.20 Å². The van der Waals surface area contributed by atoms with Crippen LogP contribution < -0.4 is 16.8 Å². The Hall–Kier alpha value is -1.69. The third-order valence-electron chi connectivity index (χ3n) is 3.04. The van der Waals surface area contributed by atoms with Gasteiger partial charge in [0, 0.05) is 24.5 Å². The molecule has 0 saturated heterocycles. The SMILES string of the molecule is NC(=O)c1nccnc1NC1CCC(N)CC1. The fraction of sp³-hybridized carbons (Fsp3) is 0.545. The third kappa shape index (κ3) is 2.91. The van der Waals surface area contributed by atoms with E-state index in [1.54, 1.807) is 6.20 Å². The monoisotopic (exact) mass is 235 g/mol. The van der Waals surface area contributed by atoms with Crippen molar-refractivity contribution < 1.29 is 4.79 Å². The highest BCUT2D eigenvalue weighted by atomic mass is 16.1. The average Bonchev–Trinajstić information content (AvgIpc) is 2.32. The van der Waals surface area contributed by atoms with E-state index in [1.807, 2.05) is 0 Å². The highest BCUT2D eigenvalue weighted by molar-refractivity contribution is 5.95. The van der Waals surface area contributed by atoms with Crippen LogP contribution in [0.4, 0.5) is 5.82 Å². The van der Waals surface area contributed by atoms with E-state index in [0.717, 1.165) is 25.7 Å². The van der Waals surface area contributed by atoms with Gasteiger partial charge in [0.25, 0.3) is 5.91 Å². The Morgan fingerprint density at radius 2 is 1.88 bits per heavy atom. The second-order valence-electron chi connectivity index (χ2n) is 4.37. The Morgan fingerprint density at radius 3 is 2.53 bits per heavy atom. The third-order valence-corrected chi connectivity index (χ3v) is 3.04. The molecule has 1 aliphatic carbocycles. The zero-order valence-electron chi connectivity index (χ0n) is 9.60. The average molecular weight is 235 g/mol. The fourth-order valence-corrected chi connectivity index (χ4v) is 2.08. The first-order valence-corrected chi connectivity index (χ1v) is 5.79. The first kappa shape index (κ1) is 11.8. The molecule has 1 amide bonds. The molecule has 0 aliphatic heterocycles. The number of carbonyl (C=O) groups excluding carboxylic acids is 1. The number of primary amides is 1. The van der Waals surface area contributed by atoms with Gasteiger partial charge in [-0.25, -0.2) is 9.97 Å². The Balaban J connectivity index is 2.05. The number of hydrogen-bond acceptors (Lipinski definition) is 5. The van der Waals surface area contributed by atoms with Gasteiger partial charge in [0.1, 0.15) is 0 Å². The summed E-state index contributed by atoms with van der Waals surface area (Å²) >= 11 is 0. The van der Waals surface area contributed by atoms with Crippen molar-refractivity contribution in [2.75, 3.05) is 5.32 Å². The predicted octanol–water partition coefficient (Wildman–Crippen LogP) is 0.257. The second kappa shape index (κ2) is 5.09. The Bertz CT molecular complexity index is 401. The minimum Gasteiger partial charge on any atom is -0.365 e. The van der Waals surface area contributed by atoms with Gasteiger partial charge in [-0.15, -0.1) is 0 Å². The minimum atomic E-state index is -0.562. The molecule has 0 radical (unpaired) electrons. The number of carbonyl (C=O) groups is 1. The highest BCUT2D eigenvalue weighted by Gasteiger charge is 2.20. The second-order valence-corrected chi connectivity index (χ2v) is 4.37. The predicted molar refractivity (Wildman–Crippen MR) is 64.4 cm³/mol. The lowest BCUT2D eigenvalue weighted by Gasteiger charge is -2.27. The molecule has 0 aromatic carbocycles. The van der Waals surface area contributed by atoms with E-state index in [0.29, 0.717) is 17.9 Å². The fourth-order valence-electron chi connectivity index (χ4n) is 2.08. The summed E-state index contributed by atoms with van der Waals surface area (Å²) < 4.78 is 0. The molecule has 1 heterocycles. The molecular formula is C11H17N5O. The van der Waals surface area contributed by atoms with Crippen molar-refractivity contribution in [2.24, 2.45) is 11.5 Å². The van der Waals surface area contributed by atoms with E-state index in [9.17, 15) is 4.79 Å². The van der Waals surface area contributed by atoms with Crippen LogP contribution in [0, 0.1) is 0 Å². The maximum atomic E-state index is 11.2. The molecular weight excluding hydrogens is 218 g/mol. The number of nitrogens with two attached hydrogens (primary N) is 2. The molecule has 6 heteroatoms. The molecule has 17 heavy (non-hydrogen) atoms. The van der Waals surface area contributed by atoms with Crippen molar-refractivity contribution in [1.82, 2.24) is 9.97 Å². The van der Waals surface area contributed by atoms with Crippen LogP contribution in [0.15, 0.2) is 12.4 Å². The Labute approximate surface area is 99.8 Å². The number of aromatic nitrogens is 2. The first-order chi connectivity index (χ1) is 8.16. The van der Waals surface area contributed by atoms with Crippen LogP contribution in [0.25, 0.3) is 0 Å². The molecule has 1 fully saturated rings. The van der Waals surface area contributed by atoms with Gasteiger partial charge in [0.05, 0.1) is 0 Å². The Morgan fingerprint density at radius 1 is 1.24 bits per heavy atom. The van der Waals surface area contributed by atoms with Crippen LogP contribution in [0.2, 0.25) is 0 Å². The minimum absolute atomic E-state index is 0.197. The van der Waals surface area contributed by atoms with Crippen LogP contribution in [-0.4, -0.2) is 28.0 Å². The maximum Gasteiger partial charge on any atom is 0.271 e. The molecule has 1 aromatic heterocycles. The van der Waals surface area contributed by atoms with E-state index in [-0.39, 0.29) is 5.69 Å². The summed E-state index contributed by atoms with van der Waals surface area (Å²) in [7, 11) is 0. The number of rotatable bonds is 3. The van der Waals surface area contributed by atoms with Crippen molar-refractivity contribution in [3.05, 3.63) is 18.1 Å². The zero-order valence-corrected chi connectivity index (χ0v) is 9.60. The van der Waals surface area contributed by atoms with Gasteiger partial charge >= 0.3 is 0 Å². The summed E-state index contributed by atoms with van der Waals surface area (Å²) in [4.78, 5) is 19.2. The molecule has 92 valence electrons. The summed E-state index contributed by atoms with van der Waals surface area (Å²) in [6, 6.07) is 0.593. The molecule has 1 aromatic rings. The number of anilines is 1. The number of amides is 1. The number of hydrogen-bond donors (Lipinski definition) is 3. The van der Waals surface area contributed by atoms with Gasteiger partial charge in [0.15, 0.2) is 11.5 Å². The maximum absolute atomic E-state index is 11.2. The smallest absolute Gasteiger partial charge is 0.271 e.